The summed E-state index contributed by atoms with van der Waals surface area (Å²) in [6.07, 6.45) is 2.62. The van der Waals surface area contributed by atoms with Gasteiger partial charge < -0.3 is 4.90 Å². The Balaban J connectivity index is 2.11. The van der Waals surface area contributed by atoms with E-state index in [2.05, 4.69) is 0 Å². The largest absolute Gasteiger partial charge is 0.349 e. The van der Waals surface area contributed by atoms with Crippen molar-refractivity contribution in [3.05, 3.63) is 0 Å². The van der Waals surface area contributed by atoms with E-state index in [1.807, 2.05) is 0 Å². The van der Waals surface area contributed by atoms with Gasteiger partial charge in [-0.1, -0.05) is 0 Å². The first-order chi connectivity index (χ1) is 6.09. The van der Waals surface area contributed by atoms with E-state index in [9.17, 15) is 9.59 Å². The first-order valence-corrected chi connectivity index (χ1v) is 4.83. The summed E-state index contributed by atoms with van der Waals surface area (Å²) in [6.45, 7) is 0. The summed E-state index contributed by atoms with van der Waals surface area (Å²) in [5, 5.41) is 0. The van der Waals surface area contributed by atoms with Gasteiger partial charge in [-0.2, -0.15) is 0 Å². The Morgan fingerprint density at radius 2 is 2.08 bits per heavy atom. The van der Waals surface area contributed by atoms with Crippen LogP contribution in [0.15, 0.2) is 0 Å². The predicted octanol–water partition coefficient (Wildman–Crippen LogP) is 0.690. The highest BCUT2D eigenvalue weighted by molar-refractivity contribution is 5.91. The third kappa shape index (κ3) is 1.26. The van der Waals surface area contributed by atoms with Crippen molar-refractivity contribution in [2.24, 2.45) is 17.8 Å². The van der Waals surface area contributed by atoms with Crippen LogP contribution in [0.4, 0.5) is 0 Å². The third-order valence-electron chi connectivity index (χ3n) is 3.32. The molecular weight excluding hydrogens is 166 g/mol. The van der Waals surface area contributed by atoms with Crippen molar-refractivity contribution in [2.45, 2.75) is 19.3 Å². The van der Waals surface area contributed by atoms with Gasteiger partial charge in [-0.25, -0.2) is 0 Å². The molecule has 2 aliphatic rings. The summed E-state index contributed by atoms with van der Waals surface area (Å²) in [6, 6.07) is 0. The summed E-state index contributed by atoms with van der Waals surface area (Å²) in [7, 11) is 3.53. The van der Waals surface area contributed by atoms with E-state index in [1.165, 1.54) is 0 Å². The zero-order chi connectivity index (χ0) is 9.59. The van der Waals surface area contributed by atoms with Crippen LogP contribution in [0.25, 0.3) is 0 Å². The molecule has 0 N–H and O–H groups in total. The number of hydrogen-bond acceptors (Lipinski definition) is 2. The van der Waals surface area contributed by atoms with Gasteiger partial charge >= 0.3 is 0 Å². The maximum Gasteiger partial charge on any atom is 0.225 e. The van der Waals surface area contributed by atoms with Gasteiger partial charge in [0.2, 0.25) is 5.91 Å². The van der Waals surface area contributed by atoms with E-state index >= 15 is 0 Å². The van der Waals surface area contributed by atoms with Crippen molar-refractivity contribution < 1.29 is 9.59 Å². The normalized spacial score (nSPS) is 36.8. The molecule has 2 rings (SSSR count). The molecule has 13 heavy (non-hydrogen) atoms. The maximum absolute atomic E-state index is 11.7. The van der Waals surface area contributed by atoms with Gasteiger partial charge in [-0.05, 0) is 18.8 Å². The van der Waals surface area contributed by atoms with Crippen molar-refractivity contribution in [3.63, 3.8) is 0 Å². The van der Waals surface area contributed by atoms with Crippen LogP contribution in [0.5, 0.6) is 0 Å². The van der Waals surface area contributed by atoms with Crippen LogP contribution in [0.3, 0.4) is 0 Å². The SMILES string of the molecule is CN(C)C(=O)[C@H]1C[C@@H]2CC(=O)[C@H]1C2. The lowest BCUT2D eigenvalue weighted by atomic mass is 9.87. The Bertz CT molecular complexity index is 260. The molecule has 2 saturated carbocycles. The summed E-state index contributed by atoms with van der Waals surface area (Å²) >= 11 is 0. The summed E-state index contributed by atoms with van der Waals surface area (Å²) in [5.41, 5.74) is 0. The first-order valence-electron chi connectivity index (χ1n) is 4.83. The lowest BCUT2D eigenvalue weighted by molar-refractivity contribution is -0.138. The number of fused-ring (bicyclic) bond motifs is 2. The average molecular weight is 181 g/mol. The van der Waals surface area contributed by atoms with Gasteiger partial charge in [0, 0.05) is 32.4 Å². The fraction of sp³-hybridized carbons (Fsp3) is 0.800. The number of hydrogen-bond donors (Lipinski definition) is 0. The molecule has 2 bridgehead atoms. The molecule has 3 atom stereocenters. The van der Waals surface area contributed by atoms with E-state index in [4.69, 9.17) is 0 Å². The van der Waals surface area contributed by atoms with E-state index in [1.54, 1.807) is 19.0 Å². The van der Waals surface area contributed by atoms with Gasteiger partial charge in [0.05, 0.1) is 0 Å². The highest BCUT2D eigenvalue weighted by Gasteiger charge is 2.48. The zero-order valence-electron chi connectivity index (χ0n) is 8.12. The minimum atomic E-state index is 0.00116. The van der Waals surface area contributed by atoms with Gasteiger partial charge in [-0.15, -0.1) is 0 Å². The Kier molecular flexibility index (Phi) is 1.90. The molecule has 0 spiro atoms. The fourth-order valence-corrected chi connectivity index (χ4v) is 2.71. The molecule has 72 valence electrons. The van der Waals surface area contributed by atoms with Crippen LogP contribution in [0.1, 0.15) is 19.3 Å². The predicted molar refractivity (Wildman–Crippen MR) is 48.0 cm³/mol. The van der Waals surface area contributed by atoms with E-state index in [0.717, 1.165) is 19.3 Å². The molecule has 1 amide bonds. The second-order valence-corrected chi connectivity index (χ2v) is 4.45. The number of amides is 1. The molecule has 0 unspecified atom stereocenters. The fourth-order valence-electron chi connectivity index (χ4n) is 2.71. The quantitative estimate of drug-likeness (QED) is 0.597. The van der Waals surface area contributed by atoms with Gasteiger partial charge in [0.25, 0.3) is 0 Å². The molecule has 2 aliphatic carbocycles. The van der Waals surface area contributed by atoms with Crippen LogP contribution in [0.2, 0.25) is 0 Å². The Hall–Kier alpha value is -0.860. The van der Waals surface area contributed by atoms with Crippen LogP contribution in [-0.2, 0) is 9.59 Å². The Labute approximate surface area is 78.1 Å². The highest BCUT2D eigenvalue weighted by atomic mass is 16.2. The van der Waals surface area contributed by atoms with Crippen molar-refractivity contribution in [1.82, 2.24) is 4.90 Å². The van der Waals surface area contributed by atoms with Crippen LogP contribution < -0.4 is 0 Å². The monoisotopic (exact) mass is 181 g/mol. The molecular formula is C10H15NO2. The van der Waals surface area contributed by atoms with Gasteiger partial charge in [-0.3, -0.25) is 9.59 Å². The Morgan fingerprint density at radius 3 is 2.54 bits per heavy atom. The average Bonchev–Trinajstić information content (AvgIpc) is 2.60. The number of carbonyl (C=O) groups is 2. The summed E-state index contributed by atoms with van der Waals surface area (Å²) < 4.78 is 0. The van der Waals surface area contributed by atoms with E-state index in [0.29, 0.717) is 11.7 Å². The van der Waals surface area contributed by atoms with Crippen molar-refractivity contribution in [2.75, 3.05) is 14.1 Å². The number of Topliss-reactive ketones (excluding diaryl/α,β-unsaturated/α-hetero) is 1. The molecule has 2 fully saturated rings. The van der Waals surface area contributed by atoms with Crippen molar-refractivity contribution in [1.29, 1.82) is 0 Å². The van der Waals surface area contributed by atoms with Crippen molar-refractivity contribution in [3.8, 4) is 0 Å². The van der Waals surface area contributed by atoms with Crippen LogP contribution in [0, 0.1) is 17.8 Å². The minimum Gasteiger partial charge on any atom is -0.349 e. The second kappa shape index (κ2) is 2.82. The highest BCUT2D eigenvalue weighted by Crippen LogP contribution is 2.46. The number of nitrogens with zero attached hydrogens (tertiary/aromatic N) is 1. The van der Waals surface area contributed by atoms with E-state index in [-0.39, 0.29) is 17.7 Å². The molecule has 3 heteroatoms. The molecule has 0 saturated heterocycles. The summed E-state index contributed by atoms with van der Waals surface area (Å²) in [5.74, 6) is 1.02. The minimum absolute atomic E-state index is 0.00116. The Morgan fingerprint density at radius 1 is 1.38 bits per heavy atom. The number of carbonyl (C=O) groups excluding carboxylic acids is 2. The standard InChI is InChI=1S/C10H15NO2/c1-11(2)10(13)8-4-6-3-7(8)9(12)5-6/h6-8H,3-5H2,1-2H3/t6-,7+,8+/m1/s1. The lowest BCUT2D eigenvalue weighted by Gasteiger charge is -2.23. The van der Waals surface area contributed by atoms with Crippen LogP contribution in [-0.4, -0.2) is 30.7 Å². The van der Waals surface area contributed by atoms with Gasteiger partial charge in [0.15, 0.2) is 0 Å². The first kappa shape index (κ1) is 8.73. The van der Waals surface area contributed by atoms with Crippen molar-refractivity contribution >= 4 is 11.7 Å². The van der Waals surface area contributed by atoms with Gasteiger partial charge in [0.1, 0.15) is 5.78 Å². The zero-order valence-corrected chi connectivity index (χ0v) is 8.12. The lowest BCUT2D eigenvalue weighted by Crippen LogP contribution is -2.35. The molecule has 0 aliphatic heterocycles. The third-order valence-corrected chi connectivity index (χ3v) is 3.32. The smallest absolute Gasteiger partial charge is 0.225 e. The molecule has 0 aromatic heterocycles. The number of rotatable bonds is 1. The molecule has 0 heterocycles. The maximum atomic E-state index is 11.7. The van der Waals surface area contributed by atoms with E-state index < -0.39 is 0 Å². The van der Waals surface area contributed by atoms with Crippen LogP contribution >= 0.6 is 0 Å². The number of ketones is 1. The topological polar surface area (TPSA) is 37.4 Å². The molecule has 0 aromatic carbocycles. The molecule has 3 nitrogen and oxygen atoms in total. The summed E-state index contributed by atoms with van der Waals surface area (Å²) in [4.78, 5) is 24.7. The molecule has 0 aromatic rings. The molecule has 0 radical (unpaired) electrons. The second-order valence-electron chi connectivity index (χ2n) is 4.45.